The zero-order chi connectivity index (χ0) is 18.2. The second-order valence-corrected chi connectivity index (χ2v) is 6.39. The first-order valence-electron chi connectivity index (χ1n) is 9.23. The zero-order valence-corrected chi connectivity index (χ0v) is 15.0. The standard InChI is InChI=1S/C18H34N2O4/c1-2-3-4-5-6-7-8-9-10-11-15(21)14-20-16(18(23)24)12-13-17(19)22/h16,20H,2-14H2,1H3,(H2,19,22)(H,23,24)/t16-/m0/s1. The highest BCUT2D eigenvalue weighted by Crippen LogP contribution is 2.10. The van der Waals surface area contributed by atoms with E-state index in [-0.39, 0.29) is 25.2 Å². The summed E-state index contributed by atoms with van der Waals surface area (Å²) >= 11 is 0. The number of aliphatic carboxylic acids is 1. The number of ketones is 1. The molecule has 0 aliphatic heterocycles. The minimum atomic E-state index is -1.06. The molecule has 0 aliphatic carbocycles. The first-order chi connectivity index (χ1) is 11.5. The predicted octanol–water partition coefficient (Wildman–Crippen LogP) is 2.78. The van der Waals surface area contributed by atoms with Gasteiger partial charge in [0.15, 0.2) is 0 Å². The Morgan fingerprint density at radius 3 is 1.96 bits per heavy atom. The molecular weight excluding hydrogens is 308 g/mol. The number of carbonyl (C=O) groups excluding carboxylic acids is 2. The van der Waals surface area contributed by atoms with Crippen molar-refractivity contribution in [3.63, 3.8) is 0 Å². The van der Waals surface area contributed by atoms with Crippen LogP contribution in [-0.4, -0.2) is 35.4 Å². The van der Waals surface area contributed by atoms with Crippen LogP contribution in [0.2, 0.25) is 0 Å². The van der Waals surface area contributed by atoms with Crippen molar-refractivity contribution in [2.24, 2.45) is 5.73 Å². The second kappa shape index (κ2) is 15.1. The van der Waals surface area contributed by atoms with Gasteiger partial charge in [-0.05, 0) is 12.8 Å². The third-order valence-corrected chi connectivity index (χ3v) is 4.08. The molecule has 0 saturated heterocycles. The van der Waals surface area contributed by atoms with Gasteiger partial charge in [-0.2, -0.15) is 0 Å². The number of carboxylic acid groups (broad SMARTS) is 1. The van der Waals surface area contributed by atoms with E-state index in [1.165, 1.54) is 38.5 Å². The number of nitrogens with one attached hydrogen (secondary N) is 1. The van der Waals surface area contributed by atoms with Crippen molar-refractivity contribution < 1.29 is 19.5 Å². The van der Waals surface area contributed by atoms with Crippen molar-refractivity contribution in [1.82, 2.24) is 5.32 Å². The number of hydrogen-bond acceptors (Lipinski definition) is 4. The normalized spacial score (nSPS) is 12.0. The minimum Gasteiger partial charge on any atom is -0.480 e. The first kappa shape index (κ1) is 22.6. The van der Waals surface area contributed by atoms with E-state index in [4.69, 9.17) is 10.8 Å². The molecule has 6 nitrogen and oxygen atoms in total. The molecule has 6 heteroatoms. The van der Waals surface area contributed by atoms with Crippen LogP contribution in [-0.2, 0) is 14.4 Å². The number of rotatable bonds is 17. The number of carbonyl (C=O) groups is 3. The second-order valence-electron chi connectivity index (χ2n) is 6.39. The molecule has 0 bridgehead atoms. The average molecular weight is 342 g/mol. The van der Waals surface area contributed by atoms with Gasteiger partial charge in [-0.1, -0.05) is 58.3 Å². The predicted molar refractivity (Wildman–Crippen MR) is 94.7 cm³/mol. The molecule has 0 rings (SSSR count). The third-order valence-electron chi connectivity index (χ3n) is 4.08. The fourth-order valence-corrected chi connectivity index (χ4v) is 2.56. The van der Waals surface area contributed by atoms with Gasteiger partial charge in [0.25, 0.3) is 0 Å². The van der Waals surface area contributed by atoms with E-state index in [9.17, 15) is 14.4 Å². The number of primary amides is 1. The highest BCUT2D eigenvalue weighted by molar-refractivity contribution is 5.82. The van der Waals surface area contributed by atoms with Crippen molar-refractivity contribution in [2.45, 2.75) is 90.0 Å². The maximum atomic E-state index is 11.8. The van der Waals surface area contributed by atoms with E-state index in [1.807, 2.05) is 0 Å². The summed E-state index contributed by atoms with van der Waals surface area (Å²) in [5.41, 5.74) is 5.01. The van der Waals surface area contributed by atoms with Crippen LogP contribution in [0.1, 0.15) is 84.0 Å². The Hall–Kier alpha value is -1.43. The first-order valence-corrected chi connectivity index (χ1v) is 9.23. The van der Waals surface area contributed by atoms with Crippen LogP contribution >= 0.6 is 0 Å². The molecular formula is C18H34N2O4. The molecule has 0 aliphatic rings. The fraction of sp³-hybridized carbons (Fsp3) is 0.833. The van der Waals surface area contributed by atoms with Crippen molar-refractivity contribution >= 4 is 17.7 Å². The van der Waals surface area contributed by atoms with Gasteiger partial charge in [-0.15, -0.1) is 0 Å². The summed E-state index contributed by atoms with van der Waals surface area (Å²) in [5.74, 6) is -1.58. The van der Waals surface area contributed by atoms with Crippen LogP contribution in [0.3, 0.4) is 0 Å². The molecule has 0 radical (unpaired) electrons. The largest absolute Gasteiger partial charge is 0.480 e. The molecule has 0 heterocycles. The van der Waals surface area contributed by atoms with Crippen LogP contribution in [0.4, 0.5) is 0 Å². The molecule has 24 heavy (non-hydrogen) atoms. The molecule has 0 spiro atoms. The lowest BCUT2D eigenvalue weighted by atomic mass is 10.1. The summed E-state index contributed by atoms with van der Waals surface area (Å²) in [7, 11) is 0. The lowest BCUT2D eigenvalue weighted by Gasteiger charge is -2.12. The number of hydrogen-bond donors (Lipinski definition) is 3. The smallest absolute Gasteiger partial charge is 0.320 e. The summed E-state index contributed by atoms with van der Waals surface area (Å²) < 4.78 is 0. The summed E-state index contributed by atoms with van der Waals surface area (Å²) in [4.78, 5) is 33.5. The molecule has 0 aromatic rings. The quantitative estimate of drug-likeness (QED) is 0.352. The number of amides is 1. The average Bonchev–Trinajstić information content (AvgIpc) is 2.52. The van der Waals surface area contributed by atoms with E-state index >= 15 is 0 Å². The highest BCUT2D eigenvalue weighted by atomic mass is 16.4. The van der Waals surface area contributed by atoms with E-state index in [1.54, 1.807) is 0 Å². The van der Waals surface area contributed by atoms with E-state index in [0.29, 0.717) is 6.42 Å². The monoisotopic (exact) mass is 342 g/mol. The Morgan fingerprint density at radius 2 is 1.46 bits per heavy atom. The summed E-state index contributed by atoms with van der Waals surface area (Å²) in [6.07, 6.45) is 11.3. The van der Waals surface area contributed by atoms with Gasteiger partial charge in [0.2, 0.25) is 5.91 Å². The van der Waals surface area contributed by atoms with Crippen LogP contribution in [0.5, 0.6) is 0 Å². The van der Waals surface area contributed by atoms with Crippen LogP contribution in [0.15, 0.2) is 0 Å². The van der Waals surface area contributed by atoms with Crippen LogP contribution in [0.25, 0.3) is 0 Å². The summed E-state index contributed by atoms with van der Waals surface area (Å²) in [5, 5.41) is 11.7. The van der Waals surface area contributed by atoms with Crippen molar-refractivity contribution in [1.29, 1.82) is 0 Å². The number of nitrogens with two attached hydrogens (primary N) is 1. The number of unbranched alkanes of at least 4 members (excludes halogenated alkanes) is 8. The molecule has 0 saturated carbocycles. The van der Waals surface area contributed by atoms with Crippen LogP contribution < -0.4 is 11.1 Å². The van der Waals surface area contributed by atoms with E-state index in [2.05, 4.69) is 12.2 Å². The number of carboxylic acids is 1. The highest BCUT2D eigenvalue weighted by Gasteiger charge is 2.18. The maximum Gasteiger partial charge on any atom is 0.320 e. The SMILES string of the molecule is CCCCCCCCCCCC(=O)CN[C@@H](CCC(N)=O)C(=O)O. The van der Waals surface area contributed by atoms with E-state index < -0.39 is 17.9 Å². The van der Waals surface area contributed by atoms with Gasteiger partial charge >= 0.3 is 5.97 Å². The molecule has 0 aromatic heterocycles. The fourth-order valence-electron chi connectivity index (χ4n) is 2.56. The summed E-state index contributed by atoms with van der Waals surface area (Å²) in [6.45, 7) is 2.25. The Kier molecular flexibility index (Phi) is 14.2. The molecule has 0 aromatic carbocycles. The zero-order valence-electron chi connectivity index (χ0n) is 15.0. The lowest BCUT2D eigenvalue weighted by Crippen LogP contribution is -2.40. The number of Topliss-reactive ketones (excluding diaryl/α,β-unsaturated/α-hetero) is 1. The van der Waals surface area contributed by atoms with Gasteiger partial charge in [0.05, 0.1) is 6.54 Å². The minimum absolute atomic E-state index is 0.00356. The molecule has 4 N–H and O–H groups in total. The Bertz CT molecular complexity index is 372. The Balaban J connectivity index is 3.63. The lowest BCUT2D eigenvalue weighted by molar-refractivity contribution is -0.139. The molecule has 1 atom stereocenters. The van der Waals surface area contributed by atoms with E-state index in [0.717, 1.165) is 19.3 Å². The topological polar surface area (TPSA) is 109 Å². The van der Waals surface area contributed by atoms with Gasteiger partial charge in [0, 0.05) is 12.8 Å². The van der Waals surface area contributed by atoms with Crippen molar-refractivity contribution in [3.8, 4) is 0 Å². The molecule has 0 fully saturated rings. The maximum absolute atomic E-state index is 11.8. The van der Waals surface area contributed by atoms with Gasteiger partial charge in [-0.3, -0.25) is 19.7 Å². The molecule has 1 amide bonds. The van der Waals surface area contributed by atoms with Crippen molar-refractivity contribution in [3.05, 3.63) is 0 Å². The molecule has 0 unspecified atom stereocenters. The Morgan fingerprint density at radius 1 is 0.917 bits per heavy atom. The van der Waals surface area contributed by atoms with Gasteiger partial charge in [-0.25, -0.2) is 0 Å². The van der Waals surface area contributed by atoms with Gasteiger partial charge < -0.3 is 10.8 Å². The van der Waals surface area contributed by atoms with Crippen molar-refractivity contribution in [2.75, 3.05) is 6.54 Å². The third kappa shape index (κ3) is 14.2. The van der Waals surface area contributed by atoms with Gasteiger partial charge in [0.1, 0.15) is 11.8 Å². The Labute approximate surface area is 145 Å². The van der Waals surface area contributed by atoms with Crippen LogP contribution in [0, 0.1) is 0 Å². The summed E-state index contributed by atoms with van der Waals surface area (Å²) in [6, 6.07) is -0.899. The molecule has 140 valence electrons.